The van der Waals surface area contributed by atoms with Gasteiger partial charge in [-0.3, -0.25) is 46.8 Å². The van der Waals surface area contributed by atoms with E-state index in [0.717, 1.165) is 21.4 Å². The third-order valence-electron chi connectivity index (χ3n) is 9.67. The first kappa shape index (κ1) is 36.9. The van der Waals surface area contributed by atoms with Crippen LogP contribution in [0.25, 0.3) is 28.4 Å². The molecule has 350 valence electrons. The van der Waals surface area contributed by atoms with Gasteiger partial charge in [-0.15, -0.1) is 0 Å². The number of aryl methyl sites for hydroxylation is 4. The second-order valence-corrected chi connectivity index (χ2v) is 15.3. The lowest BCUT2D eigenvalue weighted by atomic mass is 10.3. The number of rotatable bonds is 5. The highest BCUT2D eigenvalue weighted by molar-refractivity contribution is 5.36. The predicted molar refractivity (Wildman–Crippen MR) is 284 cm³/mol. The van der Waals surface area contributed by atoms with Crippen LogP contribution in [0.15, 0.2) is 267 Å². The zero-order chi connectivity index (χ0) is 59.4. The van der Waals surface area contributed by atoms with Crippen LogP contribution in [0.5, 0.6) is 0 Å². The smallest absolute Gasteiger partial charge is 0.255 e. The fraction of sp³-hybridized carbons (Fsp3) is 0.0833. The van der Waals surface area contributed by atoms with Crippen LogP contribution in [-0.2, 0) is 0 Å². The van der Waals surface area contributed by atoms with Crippen molar-refractivity contribution in [2.45, 2.75) is 34.6 Å². The average Bonchev–Trinajstić information content (AvgIpc) is 3.48. The minimum Gasteiger partial charge on any atom is -0.284 e. The molecule has 0 amide bonds. The Hall–Kier alpha value is -9.15. The molecule has 0 aliphatic carbocycles. The van der Waals surface area contributed by atoms with Gasteiger partial charge in [0.2, 0.25) is 0 Å². The molecule has 0 fully saturated rings. The molecule has 5 heterocycles. The van der Waals surface area contributed by atoms with Gasteiger partial charge in [-0.05, 0) is 123 Å². The number of para-hydroxylation sites is 5. The minimum atomic E-state index is -0.473. The van der Waals surface area contributed by atoms with Gasteiger partial charge in [0.05, 0.1) is 15.1 Å². The van der Waals surface area contributed by atoms with Crippen LogP contribution in [0.3, 0.4) is 0 Å². The van der Waals surface area contributed by atoms with Crippen molar-refractivity contribution in [3.63, 3.8) is 0 Å². The molecule has 0 radical (unpaired) electrons. The quantitative estimate of drug-likeness (QED) is 0.171. The first-order valence-corrected chi connectivity index (χ1v) is 21.7. The first-order valence-electron chi connectivity index (χ1n) is 27.2. The van der Waals surface area contributed by atoms with Gasteiger partial charge in [-0.1, -0.05) is 121 Å². The summed E-state index contributed by atoms with van der Waals surface area (Å²) in [5.74, 6) is 0. The van der Waals surface area contributed by atoms with Crippen molar-refractivity contribution in [3.05, 3.63) is 323 Å². The van der Waals surface area contributed by atoms with Crippen LogP contribution in [0.1, 0.15) is 42.9 Å². The fourth-order valence-electron chi connectivity index (χ4n) is 6.30. The molecule has 10 aromatic rings. The Morgan fingerprint density at radius 1 is 0.271 bits per heavy atom. The lowest BCUT2D eigenvalue weighted by Gasteiger charge is -2.05. The lowest BCUT2D eigenvalue weighted by Crippen LogP contribution is -2.16. The Morgan fingerprint density at radius 3 is 1.13 bits per heavy atom. The zero-order valence-corrected chi connectivity index (χ0v) is 39.0. The molecule has 5 aromatic heterocycles. The van der Waals surface area contributed by atoms with Crippen molar-refractivity contribution in [2.24, 2.45) is 0 Å². The van der Waals surface area contributed by atoms with Gasteiger partial charge >= 0.3 is 0 Å². The molecule has 10 heteroatoms. The van der Waals surface area contributed by atoms with Crippen LogP contribution in [0, 0.1) is 34.6 Å². The van der Waals surface area contributed by atoms with Crippen molar-refractivity contribution in [3.8, 4) is 28.4 Å². The number of pyridine rings is 5. The van der Waals surface area contributed by atoms with Crippen LogP contribution < -0.4 is 27.8 Å². The Balaban J connectivity index is 0.000000164. The van der Waals surface area contributed by atoms with Crippen LogP contribution >= 0.6 is 0 Å². The molecule has 70 heavy (non-hydrogen) atoms. The summed E-state index contributed by atoms with van der Waals surface area (Å²) in [6.07, 6.45) is 5.10. The molecule has 0 spiro atoms. The second-order valence-electron chi connectivity index (χ2n) is 15.3. The predicted octanol–water partition coefficient (Wildman–Crippen LogP) is 10.7. The summed E-state index contributed by atoms with van der Waals surface area (Å²) in [6.45, 7) is 8.84. The largest absolute Gasteiger partial charge is 0.284 e. The molecule has 0 saturated carbocycles. The molecular weight excluding hydrogens is 871 g/mol. The topological polar surface area (TPSA) is 110 Å². The van der Waals surface area contributed by atoms with Crippen molar-refractivity contribution in [2.75, 3.05) is 0 Å². The van der Waals surface area contributed by atoms with Crippen molar-refractivity contribution in [1.29, 1.82) is 0 Å². The molecule has 0 atom stereocenters. The van der Waals surface area contributed by atoms with E-state index < -0.39 is 46.9 Å². The Bertz CT molecular complexity index is 4160. The minimum absolute atomic E-state index is 0.00167. The monoisotopic (exact) mass is 936 g/mol. The molecular formula is C60H55N5O5. The highest BCUT2D eigenvalue weighted by atomic mass is 16.1. The van der Waals surface area contributed by atoms with Gasteiger partial charge in [0, 0.05) is 89.7 Å². The Morgan fingerprint density at radius 2 is 0.643 bits per heavy atom. The standard InChI is InChI=1S/5C12H11NO/c5*1-10-7-8-12(14)13(9-10)11-5-3-2-4-6-11/h5*2-9H,1H3/i2D,3D,4D,5D,6D;8D,9D;7D,9D;7D,8D;. The van der Waals surface area contributed by atoms with E-state index in [2.05, 4.69) is 0 Å². The summed E-state index contributed by atoms with van der Waals surface area (Å²) < 4.78 is 90.8. The molecule has 0 bridgehead atoms. The van der Waals surface area contributed by atoms with Crippen LogP contribution in [-0.4, -0.2) is 22.8 Å². The summed E-state index contributed by atoms with van der Waals surface area (Å²) in [6, 6.07) is 43.2. The van der Waals surface area contributed by atoms with E-state index in [1.165, 1.54) is 38.1 Å². The summed E-state index contributed by atoms with van der Waals surface area (Å²) in [7, 11) is 0. The molecule has 10 nitrogen and oxygen atoms in total. The van der Waals surface area contributed by atoms with Crippen LogP contribution in [0.2, 0.25) is 0 Å². The third kappa shape index (κ3) is 14.7. The summed E-state index contributed by atoms with van der Waals surface area (Å²) in [5, 5.41) is 0. The molecule has 5 aromatic carbocycles. The maximum Gasteiger partial charge on any atom is 0.255 e. The summed E-state index contributed by atoms with van der Waals surface area (Å²) in [5.41, 5.74) is 4.65. The van der Waals surface area contributed by atoms with Gasteiger partial charge in [0.1, 0.15) is 0 Å². The van der Waals surface area contributed by atoms with E-state index >= 15 is 0 Å². The number of nitrogens with zero attached hydrogens (tertiary/aromatic N) is 5. The molecule has 0 aliphatic rings. The van der Waals surface area contributed by atoms with Crippen LogP contribution in [0.4, 0.5) is 0 Å². The Kier molecular flexibility index (Phi) is 13.2. The maximum absolute atomic E-state index is 11.8. The molecule has 10 rings (SSSR count). The van der Waals surface area contributed by atoms with Gasteiger partial charge < -0.3 is 0 Å². The third-order valence-corrected chi connectivity index (χ3v) is 9.67. The van der Waals surface area contributed by atoms with E-state index in [0.29, 0.717) is 33.8 Å². The Labute approximate surface area is 422 Å². The molecule has 0 unspecified atom stereocenters. The zero-order valence-electron chi connectivity index (χ0n) is 50.0. The van der Waals surface area contributed by atoms with E-state index in [4.69, 9.17) is 15.1 Å². The number of aromatic nitrogens is 5. The summed E-state index contributed by atoms with van der Waals surface area (Å²) >= 11 is 0. The molecule has 0 saturated heterocycles. The van der Waals surface area contributed by atoms with E-state index in [1.807, 2.05) is 92.0 Å². The van der Waals surface area contributed by atoms with Gasteiger partial charge in [-0.2, -0.15) is 0 Å². The highest BCUT2D eigenvalue weighted by Crippen LogP contribution is 2.09. The maximum atomic E-state index is 11.8. The average molecular weight is 937 g/mol. The highest BCUT2D eigenvalue weighted by Gasteiger charge is 2.02. The van der Waals surface area contributed by atoms with Gasteiger partial charge in [0.15, 0.2) is 0 Å². The number of hydrogen-bond acceptors (Lipinski definition) is 5. The lowest BCUT2D eigenvalue weighted by molar-refractivity contribution is 0.976. The molecule has 0 aliphatic heterocycles. The van der Waals surface area contributed by atoms with Gasteiger partial charge in [0.25, 0.3) is 27.8 Å². The first-order chi connectivity index (χ1) is 38.4. The van der Waals surface area contributed by atoms with Crippen molar-refractivity contribution >= 4 is 0 Å². The summed E-state index contributed by atoms with van der Waals surface area (Å²) in [4.78, 5) is 58.7. The normalized spacial score (nSPS) is 12.3. The van der Waals surface area contributed by atoms with Gasteiger partial charge in [-0.25, -0.2) is 0 Å². The number of benzene rings is 5. The van der Waals surface area contributed by atoms with E-state index in [-0.39, 0.29) is 53.3 Å². The number of hydrogen-bond donors (Lipinski definition) is 0. The molecule has 0 N–H and O–H groups in total. The van der Waals surface area contributed by atoms with E-state index in [9.17, 15) is 24.0 Å². The van der Waals surface area contributed by atoms with E-state index in [1.54, 1.807) is 99.1 Å². The van der Waals surface area contributed by atoms with Crippen molar-refractivity contribution < 1.29 is 15.1 Å². The van der Waals surface area contributed by atoms with Crippen molar-refractivity contribution in [1.82, 2.24) is 22.8 Å². The second kappa shape index (κ2) is 25.1. The fourth-order valence-corrected chi connectivity index (χ4v) is 6.30. The SMILES string of the molecule is Cc1ccc(=O)n(-c2ccccc2)c1.[2H]c1c(C)cn(-c2ccccc2)c(=O)c1[2H].[2H]c1c([2H])c([2H])c(-n2cc(C)ccc2=O)c([2H])c1[2H].[2H]c1cc(=O)n(-c2ccccc2)c([2H])c1C.[2H]c1cc(C)c([2H])n(-c2ccccc2)c1=O.